The van der Waals surface area contributed by atoms with Gasteiger partial charge in [0.2, 0.25) is 0 Å². The van der Waals surface area contributed by atoms with E-state index in [9.17, 15) is 9.90 Å². The zero-order valence-electron chi connectivity index (χ0n) is 7.99. The Balaban J connectivity index is 2.41. The molecule has 0 aromatic carbocycles. The lowest BCUT2D eigenvalue weighted by Crippen LogP contribution is -2.45. The highest BCUT2D eigenvalue weighted by atomic mass is 16.4. The monoisotopic (exact) mass is 187 g/mol. The van der Waals surface area contributed by atoms with E-state index in [1.54, 1.807) is 0 Å². The maximum atomic E-state index is 10.5. The molecule has 1 aliphatic rings. The summed E-state index contributed by atoms with van der Waals surface area (Å²) in [6, 6.07) is 0. The molecule has 0 aliphatic carbocycles. The topological polar surface area (TPSA) is 60.8 Å². The average molecular weight is 187 g/mol. The van der Waals surface area contributed by atoms with Crippen LogP contribution < -0.4 is 0 Å². The molecule has 1 aliphatic heterocycles. The van der Waals surface area contributed by atoms with E-state index < -0.39 is 11.6 Å². The second kappa shape index (κ2) is 4.07. The zero-order chi connectivity index (χ0) is 9.90. The summed E-state index contributed by atoms with van der Waals surface area (Å²) in [6.45, 7) is 4.66. The molecule has 76 valence electrons. The van der Waals surface area contributed by atoms with Gasteiger partial charge in [0.25, 0.3) is 0 Å². The molecule has 0 saturated carbocycles. The van der Waals surface area contributed by atoms with Gasteiger partial charge < -0.3 is 15.1 Å². The number of aliphatic carboxylic acids is 1. The zero-order valence-corrected chi connectivity index (χ0v) is 7.99. The van der Waals surface area contributed by atoms with Gasteiger partial charge in [-0.25, -0.2) is 0 Å². The average Bonchev–Trinajstić information content (AvgIpc) is 2.04. The molecule has 0 unspecified atom stereocenters. The lowest BCUT2D eigenvalue weighted by molar-refractivity contribution is -0.144. The Hall–Kier alpha value is -0.610. The number of hydrogen-bond donors (Lipinski definition) is 2. The summed E-state index contributed by atoms with van der Waals surface area (Å²) in [5, 5.41) is 18.4. The smallest absolute Gasteiger partial charge is 0.306 e. The largest absolute Gasteiger partial charge is 0.481 e. The molecule has 0 atom stereocenters. The Morgan fingerprint density at radius 3 is 2.38 bits per heavy atom. The van der Waals surface area contributed by atoms with E-state index >= 15 is 0 Å². The van der Waals surface area contributed by atoms with Crippen LogP contribution in [0, 0.1) is 0 Å². The Morgan fingerprint density at radius 2 is 2.00 bits per heavy atom. The van der Waals surface area contributed by atoms with Crippen LogP contribution in [0.3, 0.4) is 0 Å². The lowest BCUT2D eigenvalue weighted by Gasteiger charge is -2.36. The first-order valence-electron chi connectivity index (χ1n) is 4.72. The van der Waals surface area contributed by atoms with Crippen molar-refractivity contribution in [2.75, 3.05) is 19.6 Å². The molecule has 0 amide bonds. The highest BCUT2D eigenvalue weighted by molar-refractivity contribution is 5.68. The summed E-state index contributed by atoms with van der Waals surface area (Å²) in [5.74, 6) is -0.910. The van der Waals surface area contributed by atoms with Crippen molar-refractivity contribution >= 4 is 5.97 Å². The minimum atomic E-state index is -0.961. The summed E-state index contributed by atoms with van der Waals surface area (Å²) in [7, 11) is 0. The first-order valence-corrected chi connectivity index (χ1v) is 4.72. The lowest BCUT2D eigenvalue weighted by atomic mass is 9.88. The number of piperidine rings is 1. The molecule has 0 bridgehead atoms. The molecule has 2 N–H and O–H groups in total. The van der Waals surface area contributed by atoms with E-state index in [2.05, 4.69) is 11.8 Å². The van der Waals surface area contributed by atoms with Gasteiger partial charge in [0, 0.05) is 13.1 Å². The summed E-state index contributed by atoms with van der Waals surface area (Å²) < 4.78 is 0. The fourth-order valence-corrected chi connectivity index (χ4v) is 1.74. The van der Waals surface area contributed by atoms with Gasteiger partial charge in [-0.05, 0) is 19.4 Å². The quantitative estimate of drug-likeness (QED) is 0.667. The minimum Gasteiger partial charge on any atom is -0.481 e. The van der Waals surface area contributed by atoms with Crippen molar-refractivity contribution in [3.8, 4) is 0 Å². The molecular formula is C9H17NO3. The number of carbonyl (C=O) groups is 1. The first kappa shape index (κ1) is 10.5. The Morgan fingerprint density at radius 1 is 1.46 bits per heavy atom. The van der Waals surface area contributed by atoms with Crippen LogP contribution in [-0.2, 0) is 4.79 Å². The standard InChI is InChI=1S/C9H17NO3/c1-2-10-5-3-9(13,4-6-10)7-8(11)12/h13H,2-7H2,1H3,(H,11,12). The molecule has 4 nitrogen and oxygen atoms in total. The Bertz CT molecular complexity index is 185. The van der Waals surface area contributed by atoms with Gasteiger partial charge in [-0.15, -0.1) is 0 Å². The van der Waals surface area contributed by atoms with Crippen molar-refractivity contribution in [2.24, 2.45) is 0 Å². The number of carboxylic acid groups (broad SMARTS) is 1. The van der Waals surface area contributed by atoms with Crippen LogP contribution in [0.15, 0.2) is 0 Å². The second-order valence-electron chi connectivity index (χ2n) is 3.73. The van der Waals surface area contributed by atoms with Crippen LogP contribution in [0.1, 0.15) is 26.2 Å². The Labute approximate surface area is 78.2 Å². The van der Waals surface area contributed by atoms with Crippen molar-refractivity contribution < 1.29 is 15.0 Å². The van der Waals surface area contributed by atoms with Crippen molar-refractivity contribution in [3.63, 3.8) is 0 Å². The van der Waals surface area contributed by atoms with Crippen LogP contribution in [0.4, 0.5) is 0 Å². The van der Waals surface area contributed by atoms with E-state index in [1.165, 1.54) is 0 Å². The molecule has 0 radical (unpaired) electrons. The Kier molecular flexibility index (Phi) is 3.27. The van der Waals surface area contributed by atoms with Crippen molar-refractivity contribution in [2.45, 2.75) is 31.8 Å². The van der Waals surface area contributed by atoms with Crippen LogP contribution in [0.25, 0.3) is 0 Å². The van der Waals surface area contributed by atoms with Crippen LogP contribution in [0.5, 0.6) is 0 Å². The second-order valence-corrected chi connectivity index (χ2v) is 3.73. The fraction of sp³-hybridized carbons (Fsp3) is 0.889. The molecule has 1 saturated heterocycles. The number of carboxylic acids is 1. The van der Waals surface area contributed by atoms with Crippen LogP contribution in [0.2, 0.25) is 0 Å². The van der Waals surface area contributed by atoms with Crippen LogP contribution in [-0.4, -0.2) is 46.3 Å². The SMILES string of the molecule is CCN1CCC(O)(CC(=O)O)CC1. The van der Waals surface area contributed by atoms with E-state index in [-0.39, 0.29) is 6.42 Å². The van der Waals surface area contributed by atoms with Gasteiger partial charge in [0.05, 0.1) is 12.0 Å². The van der Waals surface area contributed by atoms with Crippen molar-refractivity contribution in [1.82, 2.24) is 4.90 Å². The minimum absolute atomic E-state index is 0.120. The predicted molar refractivity (Wildman–Crippen MR) is 48.6 cm³/mol. The molecule has 0 spiro atoms. The van der Waals surface area contributed by atoms with Gasteiger partial charge in [-0.3, -0.25) is 4.79 Å². The summed E-state index contributed by atoms with van der Waals surface area (Å²) in [6.07, 6.45) is 1.03. The number of hydrogen-bond acceptors (Lipinski definition) is 3. The number of aliphatic hydroxyl groups is 1. The normalized spacial score (nSPS) is 22.9. The molecule has 0 aromatic heterocycles. The van der Waals surface area contributed by atoms with E-state index in [1.807, 2.05) is 0 Å². The maximum absolute atomic E-state index is 10.5. The highest BCUT2D eigenvalue weighted by Gasteiger charge is 2.33. The molecule has 1 fully saturated rings. The van der Waals surface area contributed by atoms with E-state index in [0.717, 1.165) is 19.6 Å². The molecule has 1 rings (SSSR count). The van der Waals surface area contributed by atoms with Gasteiger partial charge in [-0.2, -0.15) is 0 Å². The molecule has 4 heteroatoms. The van der Waals surface area contributed by atoms with Gasteiger partial charge in [0.1, 0.15) is 0 Å². The maximum Gasteiger partial charge on any atom is 0.306 e. The third kappa shape index (κ3) is 2.97. The molecule has 0 aromatic rings. The summed E-state index contributed by atoms with van der Waals surface area (Å²) >= 11 is 0. The van der Waals surface area contributed by atoms with Gasteiger partial charge in [-0.1, -0.05) is 6.92 Å². The number of likely N-dealkylation sites (tertiary alicyclic amines) is 1. The highest BCUT2D eigenvalue weighted by Crippen LogP contribution is 2.25. The van der Waals surface area contributed by atoms with Crippen LogP contribution >= 0.6 is 0 Å². The first-order chi connectivity index (χ1) is 6.06. The third-order valence-corrected chi connectivity index (χ3v) is 2.71. The number of nitrogens with zero attached hydrogens (tertiary/aromatic N) is 1. The molecular weight excluding hydrogens is 170 g/mol. The van der Waals surface area contributed by atoms with E-state index in [4.69, 9.17) is 5.11 Å². The van der Waals surface area contributed by atoms with E-state index in [0.29, 0.717) is 12.8 Å². The fourth-order valence-electron chi connectivity index (χ4n) is 1.74. The molecule has 13 heavy (non-hydrogen) atoms. The van der Waals surface area contributed by atoms with Gasteiger partial charge >= 0.3 is 5.97 Å². The van der Waals surface area contributed by atoms with Gasteiger partial charge in [0.15, 0.2) is 0 Å². The number of rotatable bonds is 3. The summed E-state index contributed by atoms with van der Waals surface area (Å²) in [4.78, 5) is 12.7. The third-order valence-electron chi connectivity index (χ3n) is 2.71. The molecule has 1 heterocycles. The van der Waals surface area contributed by atoms with Crippen molar-refractivity contribution in [1.29, 1.82) is 0 Å². The summed E-state index contributed by atoms with van der Waals surface area (Å²) in [5.41, 5.74) is -0.961. The predicted octanol–water partition coefficient (Wildman–Crippen LogP) is 0.308. The van der Waals surface area contributed by atoms with Crippen molar-refractivity contribution in [3.05, 3.63) is 0 Å².